The van der Waals surface area contributed by atoms with E-state index < -0.39 is 5.97 Å². The summed E-state index contributed by atoms with van der Waals surface area (Å²) in [7, 11) is 0. The first-order valence-corrected chi connectivity index (χ1v) is 3.21. The maximum absolute atomic E-state index is 9.80. The van der Waals surface area contributed by atoms with Gasteiger partial charge in [0.1, 0.15) is 0 Å². The Morgan fingerprint density at radius 1 is 1.86 bits per heavy atom. The lowest BCUT2D eigenvalue weighted by Gasteiger charge is -2.06. The molecular formula is C4H7O2S-. The molecule has 0 aromatic carbocycles. The van der Waals surface area contributed by atoms with Gasteiger partial charge >= 0.3 is 0 Å². The van der Waals surface area contributed by atoms with Crippen LogP contribution in [0.25, 0.3) is 0 Å². The van der Waals surface area contributed by atoms with E-state index in [9.17, 15) is 9.90 Å². The highest BCUT2D eigenvalue weighted by atomic mass is 32.2. The monoisotopic (exact) mass is 119 g/mol. The first-order chi connectivity index (χ1) is 3.18. The second-order valence-corrected chi connectivity index (χ2v) is 2.38. The smallest absolute Gasteiger partial charge is 0.0541 e. The molecule has 7 heavy (non-hydrogen) atoms. The zero-order chi connectivity index (χ0) is 5.86. The Bertz CT molecular complexity index is 72.1. The quantitative estimate of drug-likeness (QED) is 0.491. The van der Waals surface area contributed by atoms with Crippen LogP contribution in [0.1, 0.15) is 6.92 Å². The number of aliphatic carboxylic acids is 1. The average Bonchev–Trinajstić information content (AvgIpc) is 1.65. The van der Waals surface area contributed by atoms with E-state index in [-0.39, 0.29) is 5.25 Å². The van der Waals surface area contributed by atoms with Crippen LogP contribution in [0.3, 0.4) is 0 Å². The van der Waals surface area contributed by atoms with Crippen molar-refractivity contribution in [3.05, 3.63) is 0 Å². The Balaban J connectivity index is 3.34. The second-order valence-electron chi connectivity index (χ2n) is 1.20. The molecule has 0 amide bonds. The van der Waals surface area contributed by atoms with Gasteiger partial charge in [0.25, 0.3) is 0 Å². The largest absolute Gasteiger partial charge is 0.549 e. The first kappa shape index (κ1) is 6.82. The highest BCUT2D eigenvalue weighted by molar-refractivity contribution is 7.99. The summed E-state index contributed by atoms with van der Waals surface area (Å²) in [6.45, 7) is 1.60. The molecule has 2 nitrogen and oxygen atoms in total. The van der Waals surface area contributed by atoms with Gasteiger partial charge in [-0.25, -0.2) is 0 Å². The van der Waals surface area contributed by atoms with Gasteiger partial charge in [0, 0.05) is 5.25 Å². The maximum Gasteiger partial charge on any atom is 0.0541 e. The zero-order valence-corrected chi connectivity index (χ0v) is 5.12. The third-order valence-electron chi connectivity index (χ3n) is 0.685. The molecule has 0 aromatic rings. The topological polar surface area (TPSA) is 40.1 Å². The van der Waals surface area contributed by atoms with E-state index in [0.29, 0.717) is 0 Å². The number of rotatable bonds is 2. The lowest BCUT2D eigenvalue weighted by atomic mass is 10.5. The van der Waals surface area contributed by atoms with Gasteiger partial charge in [0.05, 0.1) is 5.97 Å². The van der Waals surface area contributed by atoms with Gasteiger partial charge < -0.3 is 9.90 Å². The molecule has 0 radical (unpaired) electrons. The molecule has 0 aliphatic heterocycles. The summed E-state index contributed by atoms with van der Waals surface area (Å²) in [5, 5.41) is 9.42. The van der Waals surface area contributed by atoms with Crippen molar-refractivity contribution in [3.63, 3.8) is 0 Å². The summed E-state index contributed by atoms with van der Waals surface area (Å²) in [6, 6.07) is 0. The molecule has 0 spiro atoms. The van der Waals surface area contributed by atoms with Gasteiger partial charge in [0.2, 0.25) is 0 Å². The van der Waals surface area contributed by atoms with Crippen molar-refractivity contribution in [3.8, 4) is 0 Å². The molecule has 0 heterocycles. The van der Waals surface area contributed by atoms with E-state index >= 15 is 0 Å². The predicted octanol–water partition coefficient (Wildman–Crippen LogP) is -0.512. The SMILES string of the molecule is CSC(C)C(=O)[O-]. The molecule has 0 aromatic heterocycles. The third-order valence-corrected chi connectivity index (χ3v) is 1.59. The van der Waals surface area contributed by atoms with Crippen LogP contribution in [0.15, 0.2) is 0 Å². The molecule has 0 aliphatic rings. The number of hydrogen-bond acceptors (Lipinski definition) is 3. The van der Waals surface area contributed by atoms with Crippen molar-refractivity contribution in [2.45, 2.75) is 12.2 Å². The van der Waals surface area contributed by atoms with Gasteiger partial charge in [-0.05, 0) is 13.2 Å². The molecule has 0 saturated carbocycles. The summed E-state index contributed by atoms with van der Waals surface area (Å²) in [6.07, 6.45) is 1.74. The van der Waals surface area contributed by atoms with Crippen LogP contribution in [0.5, 0.6) is 0 Å². The predicted molar refractivity (Wildman–Crippen MR) is 28.0 cm³/mol. The molecule has 1 unspecified atom stereocenters. The molecule has 0 fully saturated rings. The number of carboxylic acid groups (broad SMARTS) is 1. The molecular weight excluding hydrogens is 112 g/mol. The molecule has 0 rings (SSSR count). The highest BCUT2D eigenvalue weighted by Gasteiger charge is 1.95. The summed E-state index contributed by atoms with van der Waals surface area (Å²) < 4.78 is 0. The van der Waals surface area contributed by atoms with Crippen LogP contribution in [0, 0.1) is 0 Å². The third kappa shape index (κ3) is 2.51. The zero-order valence-electron chi connectivity index (χ0n) is 4.30. The van der Waals surface area contributed by atoms with Crippen molar-refractivity contribution in [2.24, 2.45) is 0 Å². The van der Waals surface area contributed by atoms with Crippen molar-refractivity contribution in [1.82, 2.24) is 0 Å². The average molecular weight is 119 g/mol. The van der Waals surface area contributed by atoms with Crippen molar-refractivity contribution in [2.75, 3.05) is 6.26 Å². The van der Waals surface area contributed by atoms with Gasteiger partial charge in [0.15, 0.2) is 0 Å². The lowest BCUT2D eigenvalue weighted by Crippen LogP contribution is -2.31. The minimum atomic E-state index is -0.993. The summed E-state index contributed by atoms with van der Waals surface area (Å²) >= 11 is 1.27. The van der Waals surface area contributed by atoms with Crippen LogP contribution < -0.4 is 5.11 Å². The molecule has 0 bridgehead atoms. The van der Waals surface area contributed by atoms with Gasteiger partial charge in [-0.2, -0.15) is 11.8 Å². The van der Waals surface area contributed by atoms with Crippen LogP contribution in [0.2, 0.25) is 0 Å². The normalized spacial score (nSPS) is 13.4. The van der Waals surface area contributed by atoms with E-state index in [1.165, 1.54) is 11.8 Å². The Morgan fingerprint density at radius 2 is 2.29 bits per heavy atom. The summed E-state index contributed by atoms with van der Waals surface area (Å²) in [4.78, 5) is 9.80. The van der Waals surface area contributed by atoms with Crippen LogP contribution in [-0.4, -0.2) is 17.5 Å². The highest BCUT2D eigenvalue weighted by Crippen LogP contribution is 2.01. The minimum Gasteiger partial charge on any atom is -0.549 e. The maximum atomic E-state index is 9.80. The second kappa shape index (κ2) is 2.91. The Labute approximate surface area is 46.9 Å². The van der Waals surface area contributed by atoms with E-state index in [2.05, 4.69) is 0 Å². The Hall–Kier alpha value is -0.180. The molecule has 3 heteroatoms. The molecule has 0 saturated heterocycles. The van der Waals surface area contributed by atoms with E-state index in [0.717, 1.165) is 0 Å². The van der Waals surface area contributed by atoms with Crippen LogP contribution >= 0.6 is 11.8 Å². The van der Waals surface area contributed by atoms with Gasteiger partial charge in [-0.3, -0.25) is 0 Å². The lowest BCUT2D eigenvalue weighted by molar-refractivity contribution is -0.304. The number of carbonyl (C=O) groups is 1. The fraction of sp³-hybridized carbons (Fsp3) is 0.750. The van der Waals surface area contributed by atoms with Gasteiger partial charge in [-0.1, -0.05) is 0 Å². The van der Waals surface area contributed by atoms with Crippen LogP contribution in [0.4, 0.5) is 0 Å². The fourth-order valence-corrected chi connectivity index (χ4v) is 0.289. The van der Waals surface area contributed by atoms with E-state index in [4.69, 9.17) is 0 Å². The fourth-order valence-electron chi connectivity index (χ4n) is 0.0962. The molecule has 0 N–H and O–H groups in total. The first-order valence-electron chi connectivity index (χ1n) is 1.92. The summed E-state index contributed by atoms with van der Waals surface area (Å²) in [5.74, 6) is -0.993. The van der Waals surface area contributed by atoms with E-state index in [1.807, 2.05) is 0 Å². The summed E-state index contributed by atoms with van der Waals surface area (Å²) in [5.41, 5.74) is 0. The van der Waals surface area contributed by atoms with Crippen molar-refractivity contribution < 1.29 is 9.90 Å². The number of carboxylic acids is 1. The van der Waals surface area contributed by atoms with E-state index in [1.54, 1.807) is 13.2 Å². The minimum absolute atomic E-state index is 0.375. The van der Waals surface area contributed by atoms with Gasteiger partial charge in [-0.15, -0.1) is 0 Å². The molecule has 1 atom stereocenters. The molecule has 0 aliphatic carbocycles. The Morgan fingerprint density at radius 3 is 2.29 bits per heavy atom. The number of carbonyl (C=O) groups excluding carboxylic acids is 1. The standard InChI is InChI=1S/C4H8O2S/c1-3(7-2)4(5)6/h3H,1-2H3,(H,5,6)/p-1. The van der Waals surface area contributed by atoms with Crippen molar-refractivity contribution >= 4 is 17.7 Å². The Kier molecular flexibility index (Phi) is 2.83. The number of hydrogen-bond donors (Lipinski definition) is 0. The van der Waals surface area contributed by atoms with Crippen molar-refractivity contribution in [1.29, 1.82) is 0 Å². The van der Waals surface area contributed by atoms with Crippen LogP contribution in [-0.2, 0) is 4.79 Å². The molecule has 42 valence electrons. The number of thioether (sulfide) groups is 1.